The predicted molar refractivity (Wildman–Crippen MR) is 141 cm³/mol. The Morgan fingerprint density at radius 3 is 2.31 bits per heavy atom. The summed E-state index contributed by atoms with van der Waals surface area (Å²) in [5.74, 6) is 0.353. The van der Waals surface area contributed by atoms with Crippen LogP contribution in [0.4, 0.5) is 5.69 Å². The van der Waals surface area contributed by atoms with Crippen LogP contribution < -0.4 is 5.32 Å². The summed E-state index contributed by atoms with van der Waals surface area (Å²) in [7, 11) is -3.59. The number of fused-ring (bicyclic) bond motifs is 1. The number of anilines is 1. The number of hydrogen-bond acceptors (Lipinski definition) is 5. The Morgan fingerprint density at radius 1 is 0.943 bits per heavy atom. The minimum atomic E-state index is -3.59. The highest BCUT2D eigenvalue weighted by Crippen LogP contribution is 2.34. The van der Waals surface area contributed by atoms with Crippen molar-refractivity contribution in [1.82, 2.24) is 9.29 Å². The molecule has 1 aliphatic rings. The van der Waals surface area contributed by atoms with Gasteiger partial charge in [-0.05, 0) is 66.8 Å². The van der Waals surface area contributed by atoms with Crippen molar-refractivity contribution in [2.45, 2.75) is 25.2 Å². The lowest BCUT2D eigenvalue weighted by atomic mass is 9.94. The van der Waals surface area contributed by atoms with Crippen LogP contribution in [-0.4, -0.2) is 36.7 Å². The fraction of sp³-hybridized carbons (Fsp3) is 0.259. The zero-order valence-corrected chi connectivity index (χ0v) is 21.3. The molecular formula is C27H27N3O3S2. The number of carbonyl (C=O) groups excluding carboxylic acids is 1. The first kappa shape index (κ1) is 23.7. The number of benzene rings is 3. The number of hydrogen-bond donors (Lipinski definition) is 1. The molecule has 0 saturated carbocycles. The van der Waals surface area contributed by atoms with Crippen LogP contribution in [0.25, 0.3) is 20.8 Å². The molecule has 1 fully saturated rings. The molecule has 5 rings (SSSR count). The number of para-hydroxylation sites is 2. The maximum Gasteiger partial charge on any atom is 0.255 e. The molecule has 180 valence electrons. The van der Waals surface area contributed by atoms with Gasteiger partial charge < -0.3 is 5.32 Å². The van der Waals surface area contributed by atoms with Gasteiger partial charge in [-0.25, -0.2) is 13.4 Å². The standard InChI is InChI=1S/C27H27N3O3S2/c1-18-15-19(2)17-30(16-18)35(32,33)21-13-11-20(12-14-21)26(31)28-23-8-4-3-7-22(23)27-29-24-9-5-6-10-25(24)34-27/h3-14,18-19H,15-17H2,1-2H3,(H,28,31)/t18-,19-/m1/s1. The maximum atomic E-state index is 13.1. The Bertz CT molecular complexity index is 1440. The molecule has 0 bridgehead atoms. The monoisotopic (exact) mass is 505 g/mol. The maximum absolute atomic E-state index is 13.1. The Labute approximate surface area is 209 Å². The van der Waals surface area contributed by atoms with Gasteiger partial charge in [0.25, 0.3) is 5.91 Å². The zero-order valence-electron chi connectivity index (χ0n) is 19.6. The van der Waals surface area contributed by atoms with Gasteiger partial charge in [0, 0.05) is 24.2 Å². The van der Waals surface area contributed by atoms with Crippen molar-refractivity contribution in [2.24, 2.45) is 11.8 Å². The van der Waals surface area contributed by atoms with Gasteiger partial charge >= 0.3 is 0 Å². The lowest BCUT2D eigenvalue weighted by molar-refractivity contribution is 0.102. The molecule has 2 atom stereocenters. The topological polar surface area (TPSA) is 79.4 Å². The van der Waals surface area contributed by atoms with Gasteiger partial charge in [0.05, 0.1) is 20.8 Å². The molecular weight excluding hydrogens is 478 g/mol. The first-order chi connectivity index (χ1) is 16.8. The Kier molecular flexibility index (Phi) is 6.44. The van der Waals surface area contributed by atoms with Gasteiger partial charge in [-0.3, -0.25) is 4.79 Å². The average molecular weight is 506 g/mol. The summed E-state index contributed by atoms with van der Waals surface area (Å²) in [6.45, 7) is 5.21. The van der Waals surface area contributed by atoms with Gasteiger partial charge in [0.15, 0.2) is 0 Å². The fourth-order valence-electron chi connectivity index (χ4n) is 4.69. The highest BCUT2D eigenvalue weighted by atomic mass is 32.2. The van der Waals surface area contributed by atoms with Crippen molar-refractivity contribution >= 4 is 43.2 Å². The number of rotatable bonds is 5. The molecule has 2 heterocycles. The average Bonchev–Trinajstić information content (AvgIpc) is 3.28. The minimum absolute atomic E-state index is 0.213. The van der Waals surface area contributed by atoms with Crippen LogP contribution in [0.2, 0.25) is 0 Å². The van der Waals surface area contributed by atoms with Crippen LogP contribution >= 0.6 is 11.3 Å². The number of aromatic nitrogens is 1. The first-order valence-corrected chi connectivity index (χ1v) is 13.9. The van der Waals surface area contributed by atoms with E-state index in [9.17, 15) is 13.2 Å². The second-order valence-electron chi connectivity index (χ2n) is 9.28. The van der Waals surface area contributed by atoms with E-state index in [0.29, 0.717) is 36.2 Å². The van der Waals surface area contributed by atoms with E-state index >= 15 is 0 Å². The van der Waals surface area contributed by atoms with Crippen molar-refractivity contribution in [3.63, 3.8) is 0 Å². The van der Waals surface area contributed by atoms with E-state index in [1.807, 2.05) is 48.5 Å². The van der Waals surface area contributed by atoms with Gasteiger partial charge in [-0.15, -0.1) is 11.3 Å². The first-order valence-electron chi connectivity index (χ1n) is 11.7. The largest absolute Gasteiger partial charge is 0.321 e. The number of nitrogens with zero attached hydrogens (tertiary/aromatic N) is 2. The minimum Gasteiger partial charge on any atom is -0.321 e. The van der Waals surface area contributed by atoms with Crippen LogP contribution in [0, 0.1) is 11.8 Å². The second kappa shape index (κ2) is 9.53. The van der Waals surface area contributed by atoms with Crippen molar-refractivity contribution in [1.29, 1.82) is 0 Å². The van der Waals surface area contributed by atoms with E-state index in [-0.39, 0.29) is 10.8 Å². The van der Waals surface area contributed by atoms with Crippen molar-refractivity contribution < 1.29 is 13.2 Å². The van der Waals surface area contributed by atoms with Crippen molar-refractivity contribution in [3.05, 3.63) is 78.4 Å². The van der Waals surface area contributed by atoms with Gasteiger partial charge in [-0.1, -0.05) is 38.1 Å². The third kappa shape index (κ3) is 4.87. The van der Waals surface area contributed by atoms with Crippen LogP contribution in [0.15, 0.2) is 77.7 Å². The van der Waals surface area contributed by atoms with E-state index < -0.39 is 10.0 Å². The second-order valence-corrected chi connectivity index (χ2v) is 12.2. The molecule has 35 heavy (non-hydrogen) atoms. The quantitative estimate of drug-likeness (QED) is 0.367. The van der Waals surface area contributed by atoms with E-state index in [2.05, 4.69) is 19.2 Å². The van der Waals surface area contributed by atoms with Gasteiger partial charge in [0.2, 0.25) is 10.0 Å². The SMILES string of the molecule is C[C@@H]1C[C@@H](C)CN(S(=O)(=O)c2ccc(C(=O)Nc3ccccc3-c3nc4ccccc4s3)cc2)C1. The number of sulfonamides is 1. The molecule has 0 radical (unpaired) electrons. The van der Waals surface area contributed by atoms with E-state index in [0.717, 1.165) is 27.2 Å². The summed E-state index contributed by atoms with van der Waals surface area (Å²) in [5.41, 5.74) is 2.81. The lowest BCUT2D eigenvalue weighted by Gasteiger charge is -2.34. The smallest absolute Gasteiger partial charge is 0.255 e. The molecule has 1 amide bonds. The summed E-state index contributed by atoms with van der Waals surface area (Å²) in [6.07, 6.45) is 1.03. The third-order valence-electron chi connectivity index (χ3n) is 6.29. The summed E-state index contributed by atoms with van der Waals surface area (Å²) in [4.78, 5) is 18.0. The van der Waals surface area contributed by atoms with E-state index in [1.165, 1.54) is 12.1 Å². The summed E-state index contributed by atoms with van der Waals surface area (Å²) >= 11 is 1.57. The van der Waals surface area contributed by atoms with E-state index in [1.54, 1.807) is 27.8 Å². The lowest BCUT2D eigenvalue weighted by Crippen LogP contribution is -2.42. The number of nitrogens with one attached hydrogen (secondary N) is 1. The molecule has 0 unspecified atom stereocenters. The third-order valence-corrected chi connectivity index (χ3v) is 9.20. The number of amides is 1. The molecule has 0 aliphatic carbocycles. The molecule has 0 spiro atoms. The molecule has 1 aromatic heterocycles. The summed E-state index contributed by atoms with van der Waals surface area (Å²) in [5, 5.41) is 3.80. The van der Waals surface area contributed by atoms with E-state index in [4.69, 9.17) is 4.98 Å². The van der Waals surface area contributed by atoms with Crippen LogP contribution in [0.1, 0.15) is 30.6 Å². The molecule has 8 heteroatoms. The number of carbonyl (C=O) groups is 1. The highest BCUT2D eigenvalue weighted by molar-refractivity contribution is 7.89. The Balaban J connectivity index is 1.36. The normalized spacial score (nSPS) is 19.0. The van der Waals surface area contributed by atoms with Gasteiger partial charge in [-0.2, -0.15) is 4.31 Å². The van der Waals surface area contributed by atoms with Crippen molar-refractivity contribution in [2.75, 3.05) is 18.4 Å². The summed E-state index contributed by atoms with van der Waals surface area (Å²) < 4.78 is 28.9. The molecule has 4 aromatic rings. The van der Waals surface area contributed by atoms with Crippen LogP contribution in [0.3, 0.4) is 0 Å². The predicted octanol–water partition coefficient (Wildman–Crippen LogP) is 5.88. The zero-order chi connectivity index (χ0) is 24.6. The molecule has 1 N–H and O–H groups in total. The van der Waals surface area contributed by atoms with Crippen LogP contribution in [0.5, 0.6) is 0 Å². The number of piperidine rings is 1. The molecule has 1 aliphatic heterocycles. The number of thiazole rings is 1. The van der Waals surface area contributed by atoms with Gasteiger partial charge in [0.1, 0.15) is 5.01 Å². The van der Waals surface area contributed by atoms with Crippen LogP contribution in [-0.2, 0) is 10.0 Å². The highest BCUT2D eigenvalue weighted by Gasteiger charge is 2.31. The molecule has 1 saturated heterocycles. The Morgan fingerprint density at radius 2 is 1.60 bits per heavy atom. The summed E-state index contributed by atoms with van der Waals surface area (Å²) in [6, 6.07) is 21.7. The van der Waals surface area contributed by atoms with Crippen molar-refractivity contribution in [3.8, 4) is 10.6 Å². The molecule has 6 nitrogen and oxygen atoms in total. The molecule has 3 aromatic carbocycles. The Hall–Kier alpha value is -3.07. The fourth-order valence-corrected chi connectivity index (χ4v) is 7.37.